The molecule has 0 aliphatic heterocycles. The number of aldehydes is 1. The summed E-state index contributed by atoms with van der Waals surface area (Å²) in [5, 5.41) is 0. The summed E-state index contributed by atoms with van der Waals surface area (Å²) in [4.78, 5) is 23.3. The fourth-order valence-electron chi connectivity index (χ4n) is 2.29. The Labute approximate surface area is 106 Å². The van der Waals surface area contributed by atoms with E-state index in [1.165, 1.54) is 5.56 Å². The van der Waals surface area contributed by atoms with Crippen molar-refractivity contribution in [1.82, 2.24) is 9.13 Å². The van der Waals surface area contributed by atoms with E-state index in [0.29, 0.717) is 6.42 Å². The van der Waals surface area contributed by atoms with Crippen LogP contribution in [0.15, 0.2) is 23.0 Å². The SMILES string of the molecule is CCc1ccc2c(c1)n(C)c(=O)n2C(C=O)CC. The molecule has 0 saturated carbocycles. The average molecular weight is 246 g/mol. The van der Waals surface area contributed by atoms with Gasteiger partial charge in [-0.05, 0) is 30.5 Å². The molecule has 0 fully saturated rings. The second-order valence-corrected chi connectivity index (χ2v) is 4.50. The molecule has 0 N–H and O–H groups in total. The van der Waals surface area contributed by atoms with Crippen molar-refractivity contribution in [3.63, 3.8) is 0 Å². The Morgan fingerprint density at radius 3 is 2.56 bits per heavy atom. The van der Waals surface area contributed by atoms with E-state index in [1.54, 1.807) is 16.2 Å². The lowest BCUT2D eigenvalue weighted by Crippen LogP contribution is -2.26. The number of hydrogen-bond acceptors (Lipinski definition) is 2. The maximum absolute atomic E-state index is 12.2. The van der Waals surface area contributed by atoms with Gasteiger partial charge in [0.1, 0.15) is 6.29 Å². The van der Waals surface area contributed by atoms with Gasteiger partial charge in [0.15, 0.2) is 0 Å². The van der Waals surface area contributed by atoms with Crippen LogP contribution in [0.1, 0.15) is 31.9 Å². The molecule has 96 valence electrons. The number of benzene rings is 1. The first-order valence-electron chi connectivity index (χ1n) is 6.29. The van der Waals surface area contributed by atoms with E-state index in [-0.39, 0.29) is 11.7 Å². The molecular weight excluding hydrogens is 228 g/mol. The van der Waals surface area contributed by atoms with Gasteiger partial charge in [0.05, 0.1) is 17.1 Å². The molecule has 2 aromatic rings. The van der Waals surface area contributed by atoms with Crippen LogP contribution in [-0.2, 0) is 18.3 Å². The summed E-state index contributed by atoms with van der Waals surface area (Å²) in [7, 11) is 1.75. The molecule has 1 aromatic carbocycles. The van der Waals surface area contributed by atoms with Gasteiger partial charge in [0.25, 0.3) is 0 Å². The van der Waals surface area contributed by atoms with Crippen molar-refractivity contribution in [2.24, 2.45) is 7.05 Å². The summed E-state index contributed by atoms with van der Waals surface area (Å²) in [5.74, 6) is 0. The molecule has 0 amide bonds. The van der Waals surface area contributed by atoms with Crippen LogP contribution in [-0.4, -0.2) is 15.4 Å². The van der Waals surface area contributed by atoms with Crippen LogP contribution in [0.5, 0.6) is 0 Å². The van der Waals surface area contributed by atoms with Crippen LogP contribution in [0.3, 0.4) is 0 Å². The van der Waals surface area contributed by atoms with E-state index in [2.05, 4.69) is 6.92 Å². The van der Waals surface area contributed by atoms with Crippen molar-refractivity contribution in [3.05, 3.63) is 34.2 Å². The van der Waals surface area contributed by atoms with Crippen molar-refractivity contribution in [2.75, 3.05) is 0 Å². The minimum Gasteiger partial charge on any atom is -0.301 e. The predicted molar refractivity (Wildman–Crippen MR) is 71.9 cm³/mol. The lowest BCUT2D eigenvalue weighted by atomic mass is 10.1. The molecule has 1 unspecified atom stereocenters. The van der Waals surface area contributed by atoms with Gasteiger partial charge in [0, 0.05) is 7.05 Å². The zero-order chi connectivity index (χ0) is 13.3. The normalized spacial score (nSPS) is 12.8. The number of carbonyl (C=O) groups excluding carboxylic acids is 1. The largest absolute Gasteiger partial charge is 0.329 e. The van der Waals surface area contributed by atoms with Gasteiger partial charge >= 0.3 is 5.69 Å². The molecule has 4 nitrogen and oxygen atoms in total. The zero-order valence-electron chi connectivity index (χ0n) is 11.0. The van der Waals surface area contributed by atoms with Gasteiger partial charge in [-0.1, -0.05) is 19.9 Å². The molecule has 1 atom stereocenters. The van der Waals surface area contributed by atoms with E-state index in [9.17, 15) is 9.59 Å². The number of aromatic nitrogens is 2. The van der Waals surface area contributed by atoms with Gasteiger partial charge in [-0.25, -0.2) is 4.79 Å². The molecule has 1 heterocycles. The fraction of sp³-hybridized carbons (Fsp3) is 0.429. The molecule has 4 heteroatoms. The highest BCUT2D eigenvalue weighted by molar-refractivity contribution is 5.78. The van der Waals surface area contributed by atoms with E-state index in [0.717, 1.165) is 23.7 Å². The summed E-state index contributed by atoms with van der Waals surface area (Å²) in [6.07, 6.45) is 2.40. The monoisotopic (exact) mass is 246 g/mol. The molecule has 2 rings (SSSR count). The summed E-state index contributed by atoms with van der Waals surface area (Å²) in [6, 6.07) is 5.58. The van der Waals surface area contributed by atoms with Crippen molar-refractivity contribution >= 4 is 17.3 Å². The number of imidazole rings is 1. The van der Waals surface area contributed by atoms with E-state index in [4.69, 9.17) is 0 Å². The van der Waals surface area contributed by atoms with Crippen LogP contribution in [0, 0.1) is 0 Å². The first-order valence-corrected chi connectivity index (χ1v) is 6.29. The highest BCUT2D eigenvalue weighted by Gasteiger charge is 2.17. The van der Waals surface area contributed by atoms with Gasteiger partial charge in [-0.3, -0.25) is 9.13 Å². The van der Waals surface area contributed by atoms with Crippen LogP contribution >= 0.6 is 0 Å². The summed E-state index contributed by atoms with van der Waals surface area (Å²) >= 11 is 0. The third kappa shape index (κ3) is 1.78. The molecule has 0 bridgehead atoms. The predicted octanol–water partition coefficient (Wildman–Crippen LogP) is 2.05. The Morgan fingerprint density at radius 2 is 2.00 bits per heavy atom. The van der Waals surface area contributed by atoms with Crippen LogP contribution in [0.25, 0.3) is 11.0 Å². The molecule has 0 saturated heterocycles. The Morgan fingerprint density at radius 1 is 1.28 bits per heavy atom. The standard InChI is InChI=1S/C14H18N2O2/c1-4-10-6-7-12-13(8-10)15(3)14(18)16(12)11(5-2)9-17/h6-9,11H,4-5H2,1-3H3. The summed E-state index contributed by atoms with van der Waals surface area (Å²) in [6.45, 7) is 3.99. The third-order valence-electron chi connectivity index (χ3n) is 3.47. The lowest BCUT2D eigenvalue weighted by Gasteiger charge is -2.09. The number of carbonyl (C=O) groups is 1. The minimum atomic E-state index is -0.381. The number of fused-ring (bicyclic) bond motifs is 1. The van der Waals surface area contributed by atoms with Crippen molar-refractivity contribution in [2.45, 2.75) is 32.7 Å². The van der Waals surface area contributed by atoms with Crippen molar-refractivity contribution in [3.8, 4) is 0 Å². The number of hydrogen-bond donors (Lipinski definition) is 0. The van der Waals surface area contributed by atoms with Crippen LogP contribution in [0.4, 0.5) is 0 Å². The Balaban J connectivity index is 2.79. The maximum atomic E-state index is 12.2. The quantitative estimate of drug-likeness (QED) is 0.775. The number of nitrogens with zero attached hydrogens (tertiary/aromatic N) is 2. The summed E-state index contributed by atoms with van der Waals surface area (Å²) in [5.41, 5.74) is 2.78. The Kier molecular flexibility index (Phi) is 3.36. The van der Waals surface area contributed by atoms with Crippen molar-refractivity contribution in [1.29, 1.82) is 0 Å². The third-order valence-corrected chi connectivity index (χ3v) is 3.47. The first-order chi connectivity index (χ1) is 8.63. The smallest absolute Gasteiger partial charge is 0.301 e. The molecule has 0 spiro atoms. The van der Waals surface area contributed by atoms with E-state index in [1.807, 2.05) is 25.1 Å². The lowest BCUT2D eigenvalue weighted by molar-refractivity contribution is -0.110. The number of aryl methyl sites for hydroxylation is 2. The molecule has 0 aliphatic carbocycles. The average Bonchev–Trinajstić information content (AvgIpc) is 2.65. The zero-order valence-corrected chi connectivity index (χ0v) is 11.0. The van der Waals surface area contributed by atoms with Gasteiger partial charge in [-0.2, -0.15) is 0 Å². The van der Waals surface area contributed by atoms with Gasteiger partial charge < -0.3 is 4.79 Å². The molecule has 0 aliphatic rings. The second-order valence-electron chi connectivity index (χ2n) is 4.50. The van der Waals surface area contributed by atoms with Gasteiger partial charge in [-0.15, -0.1) is 0 Å². The first kappa shape index (κ1) is 12.6. The summed E-state index contributed by atoms with van der Waals surface area (Å²) < 4.78 is 3.20. The van der Waals surface area contributed by atoms with E-state index >= 15 is 0 Å². The highest BCUT2D eigenvalue weighted by atomic mass is 16.2. The molecule has 1 aromatic heterocycles. The number of rotatable bonds is 4. The van der Waals surface area contributed by atoms with Gasteiger partial charge in [0.2, 0.25) is 0 Å². The minimum absolute atomic E-state index is 0.128. The van der Waals surface area contributed by atoms with E-state index < -0.39 is 0 Å². The molecule has 0 radical (unpaired) electrons. The highest BCUT2D eigenvalue weighted by Crippen LogP contribution is 2.19. The Bertz CT molecular complexity index is 637. The topological polar surface area (TPSA) is 44.0 Å². The fourth-order valence-corrected chi connectivity index (χ4v) is 2.29. The second kappa shape index (κ2) is 4.80. The molecular formula is C14H18N2O2. The maximum Gasteiger partial charge on any atom is 0.329 e. The van der Waals surface area contributed by atoms with Crippen LogP contribution in [0.2, 0.25) is 0 Å². The molecule has 18 heavy (non-hydrogen) atoms. The van der Waals surface area contributed by atoms with Crippen LogP contribution < -0.4 is 5.69 Å². The van der Waals surface area contributed by atoms with Crippen molar-refractivity contribution < 1.29 is 4.79 Å². The Hall–Kier alpha value is -1.84.